The molecule has 0 saturated heterocycles. The molecule has 1 N–H and O–H groups in total. The molecule has 1 heterocycles. The number of hydrogen-bond acceptors (Lipinski definition) is 2. The number of allylic oxidation sites excluding steroid dienone is 1. The molecule has 0 radical (unpaired) electrons. The highest BCUT2D eigenvalue weighted by molar-refractivity contribution is 6.36. The Morgan fingerprint density at radius 1 is 1.89 bits per heavy atom. The third-order valence-corrected chi connectivity index (χ3v) is 1.13. The molecule has 0 bridgehead atoms. The maximum Gasteiger partial charge on any atom is 0.350 e. The number of hydrogen-bond donors (Lipinski definition) is 1. The minimum atomic E-state index is -0.914. The summed E-state index contributed by atoms with van der Waals surface area (Å²) >= 11 is 0. The minimum absolute atomic E-state index is 0.243. The van der Waals surface area contributed by atoms with E-state index in [2.05, 4.69) is 4.99 Å². The van der Waals surface area contributed by atoms with Crippen molar-refractivity contribution in [3.8, 4) is 0 Å². The SMILES string of the molecule is CC1=CN=C(C(=O)O)C1. The van der Waals surface area contributed by atoms with Crippen LogP contribution in [0.15, 0.2) is 16.8 Å². The molecule has 3 nitrogen and oxygen atoms in total. The molecule has 9 heavy (non-hydrogen) atoms. The van der Waals surface area contributed by atoms with Gasteiger partial charge in [0.2, 0.25) is 0 Å². The van der Waals surface area contributed by atoms with Gasteiger partial charge < -0.3 is 5.11 Å². The molecule has 0 atom stereocenters. The number of rotatable bonds is 1. The van der Waals surface area contributed by atoms with Crippen molar-refractivity contribution in [3.63, 3.8) is 0 Å². The third kappa shape index (κ3) is 1.16. The largest absolute Gasteiger partial charge is 0.477 e. The summed E-state index contributed by atoms with van der Waals surface area (Å²) in [6, 6.07) is 0. The normalized spacial score (nSPS) is 17.0. The van der Waals surface area contributed by atoms with Crippen molar-refractivity contribution in [1.82, 2.24) is 0 Å². The maximum absolute atomic E-state index is 10.2. The van der Waals surface area contributed by atoms with Crippen molar-refractivity contribution < 1.29 is 9.90 Å². The topological polar surface area (TPSA) is 49.7 Å². The van der Waals surface area contributed by atoms with Crippen LogP contribution in [-0.2, 0) is 4.79 Å². The number of aliphatic imine (C=N–C) groups is 1. The van der Waals surface area contributed by atoms with Crippen LogP contribution in [0.25, 0.3) is 0 Å². The van der Waals surface area contributed by atoms with Crippen molar-refractivity contribution in [2.45, 2.75) is 13.3 Å². The van der Waals surface area contributed by atoms with Gasteiger partial charge in [-0.05, 0) is 12.5 Å². The molecule has 1 aliphatic rings. The molecule has 0 aromatic heterocycles. The fraction of sp³-hybridized carbons (Fsp3) is 0.333. The zero-order valence-electron chi connectivity index (χ0n) is 5.09. The Kier molecular flexibility index (Phi) is 1.34. The Hall–Kier alpha value is -1.12. The second-order valence-corrected chi connectivity index (χ2v) is 2.03. The van der Waals surface area contributed by atoms with Gasteiger partial charge in [-0.15, -0.1) is 0 Å². The minimum Gasteiger partial charge on any atom is -0.477 e. The van der Waals surface area contributed by atoms with E-state index in [4.69, 9.17) is 5.11 Å². The first kappa shape index (κ1) is 6.01. The lowest BCUT2D eigenvalue weighted by molar-refractivity contribution is -0.129. The second-order valence-electron chi connectivity index (χ2n) is 2.03. The molecular formula is C6H7NO2. The monoisotopic (exact) mass is 125 g/mol. The molecule has 1 rings (SSSR count). The van der Waals surface area contributed by atoms with E-state index in [1.54, 1.807) is 6.20 Å². The molecule has 0 saturated carbocycles. The molecule has 0 aliphatic carbocycles. The van der Waals surface area contributed by atoms with Gasteiger partial charge in [0.1, 0.15) is 5.71 Å². The Balaban J connectivity index is 2.64. The molecule has 0 fully saturated rings. The first-order chi connectivity index (χ1) is 4.20. The lowest BCUT2D eigenvalue weighted by atomic mass is 10.2. The first-order valence-electron chi connectivity index (χ1n) is 2.66. The summed E-state index contributed by atoms with van der Waals surface area (Å²) in [7, 11) is 0. The molecular weight excluding hydrogens is 118 g/mol. The average Bonchev–Trinajstić information content (AvgIpc) is 2.14. The van der Waals surface area contributed by atoms with Crippen LogP contribution in [0.5, 0.6) is 0 Å². The number of nitrogens with zero attached hydrogens (tertiary/aromatic N) is 1. The summed E-state index contributed by atoms with van der Waals surface area (Å²) in [4.78, 5) is 13.9. The summed E-state index contributed by atoms with van der Waals surface area (Å²) in [6.45, 7) is 1.86. The van der Waals surface area contributed by atoms with Crippen LogP contribution in [0.2, 0.25) is 0 Å². The Morgan fingerprint density at radius 2 is 2.56 bits per heavy atom. The number of carboxylic acid groups (broad SMARTS) is 1. The van der Waals surface area contributed by atoms with Crippen molar-refractivity contribution >= 4 is 11.7 Å². The first-order valence-corrected chi connectivity index (χ1v) is 2.66. The molecule has 0 aromatic carbocycles. The molecule has 0 unspecified atom stereocenters. The van der Waals surface area contributed by atoms with Crippen molar-refractivity contribution in [1.29, 1.82) is 0 Å². The summed E-state index contributed by atoms with van der Waals surface area (Å²) in [5, 5.41) is 8.37. The maximum atomic E-state index is 10.2. The van der Waals surface area contributed by atoms with E-state index in [0.717, 1.165) is 5.57 Å². The van der Waals surface area contributed by atoms with Crippen LogP contribution in [0.1, 0.15) is 13.3 Å². The van der Waals surface area contributed by atoms with E-state index in [9.17, 15) is 4.79 Å². The highest BCUT2D eigenvalue weighted by Gasteiger charge is 2.12. The zero-order valence-corrected chi connectivity index (χ0v) is 5.09. The van der Waals surface area contributed by atoms with Crippen LogP contribution < -0.4 is 0 Å². The van der Waals surface area contributed by atoms with Crippen LogP contribution in [0.3, 0.4) is 0 Å². The lowest BCUT2D eigenvalue weighted by Crippen LogP contribution is -2.09. The van der Waals surface area contributed by atoms with E-state index in [-0.39, 0.29) is 5.71 Å². The van der Waals surface area contributed by atoms with E-state index in [0.29, 0.717) is 6.42 Å². The van der Waals surface area contributed by atoms with Gasteiger partial charge in [-0.2, -0.15) is 0 Å². The molecule has 1 aliphatic heterocycles. The molecule has 0 amide bonds. The highest BCUT2D eigenvalue weighted by atomic mass is 16.4. The van der Waals surface area contributed by atoms with Crippen LogP contribution in [0.4, 0.5) is 0 Å². The Labute approximate surface area is 52.7 Å². The number of aliphatic carboxylic acids is 1. The second kappa shape index (κ2) is 2.01. The van der Waals surface area contributed by atoms with E-state index < -0.39 is 5.97 Å². The third-order valence-electron chi connectivity index (χ3n) is 1.13. The summed E-state index contributed by atoms with van der Waals surface area (Å²) in [5.74, 6) is -0.914. The van der Waals surface area contributed by atoms with Gasteiger partial charge in [-0.1, -0.05) is 0 Å². The average molecular weight is 125 g/mol. The smallest absolute Gasteiger partial charge is 0.350 e. The zero-order chi connectivity index (χ0) is 6.85. The molecule has 0 spiro atoms. The number of carbonyl (C=O) groups is 1. The van der Waals surface area contributed by atoms with Crippen LogP contribution in [-0.4, -0.2) is 16.8 Å². The lowest BCUT2D eigenvalue weighted by Gasteiger charge is -1.88. The van der Waals surface area contributed by atoms with E-state index >= 15 is 0 Å². The van der Waals surface area contributed by atoms with Gasteiger partial charge in [0.15, 0.2) is 0 Å². The summed E-state index contributed by atoms with van der Waals surface area (Å²) < 4.78 is 0. The summed E-state index contributed by atoms with van der Waals surface area (Å²) in [5.41, 5.74) is 1.25. The quantitative estimate of drug-likeness (QED) is 0.564. The standard InChI is InChI=1S/C6H7NO2/c1-4-2-5(6(8)9)7-3-4/h3H,2H2,1H3,(H,8,9). The Bertz CT molecular complexity index is 203. The van der Waals surface area contributed by atoms with Crippen LogP contribution >= 0.6 is 0 Å². The summed E-state index contributed by atoms with van der Waals surface area (Å²) in [6.07, 6.45) is 2.08. The molecule has 48 valence electrons. The van der Waals surface area contributed by atoms with Gasteiger partial charge in [0.25, 0.3) is 0 Å². The van der Waals surface area contributed by atoms with Crippen molar-refractivity contribution in [3.05, 3.63) is 11.8 Å². The van der Waals surface area contributed by atoms with Gasteiger partial charge in [0, 0.05) is 12.6 Å². The van der Waals surface area contributed by atoms with E-state index in [1.807, 2.05) is 6.92 Å². The molecule has 3 heteroatoms. The predicted octanol–water partition coefficient (Wildman–Crippen LogP) is 0.820. The highest BCUT2D eigenvalue weighted by Crippen LogP contribution is 2.09. The van der Waals surface area contributed by atoms with Gasteiger partial charge in [0.05, 0.1) is 0 Å². The van der Waals surface area contributed by atoms with Crippen molar-refractivity contribution in [2.75, 3.05) is 0 Å². The number of carboxylic acids is 1. The van der Waals surface area contributed by atoms with Crippen molar-refractivity contribution in [2.24, 2.45) is 4.99 Å². The van der Waals surface area contributed by atoms with Gasteiger partial charge >= 0.3 is 5.97 Å². The van der Waals surface area contributed by atoms with Gasteiger partial charge in [-0.3, -0.25) is 4.99 Å². The molecule has 0 aromatic rings. The fourth-order valence-corrected chi connectivity index (χ4v) is 0.674. The Morgan fingerprint density at radius 3 is 2.78 bits per heavy atom. The van der Waals surface area contributed by atoms with E-state index in [1.165, 1.54) is 0 Å². The van der Waals surface area contributed by atoms with Gasteiger partial charge in [-0.25, -0.2) is 4.79 Å². The predicted molar refractivity (Wildman–Crippen MR) is 33.4 cm³/mol. The van der Waals surface area contributed by atoms with Crippen LogP contribution in [0, 0.1) is 0 Å². The fourth-order valence-electron chi connectivity index (χ4n) is 0.674.